The van der Waals surface area contributed by atoms with E-state index >= 15 is 0 Å². The predicted octanol–water partition coefficient (Wildman–Crippen LogP) is 3.57. The molecule has 2 aromatic rings. The second kappa shape index (κ2) is 7.35. The van der Waals surface area contributed by atoms with E-state index in [-0.39, 0.29) is 17.0 Å². The minimum absolute atomic E-state index is 0.00133. The molecule has 1 aromatic heterocycles. The Bertz CT molecular complexity index is 772. The van der Waals surface area contributed by atoms with Crippen LogP contribution in [-0.2, 0) is 0 Å². The molecular weight excluding hydrogens is 345 g/mol. The van der Waals surface area contributed by atoms with E-state index in [0.29, 0.717) is 43.2 Å². The first kappa shape index (κ1) is 17.6. The summed E-state index contributed by atoms with van der Waals surface area (Å²) in [5.74, 6) is 0.603. The summed E-state index contributed by atoms with van der Waals surface area (Å²) in [6.07, 6.45) is 1.40. The van der Waals surface area contributed by atoms with Crippen LogP contribution in [0.3, 0.4) is 0 Å². The Balaban J connectivity index is 1.60. The molecule has 1 aliphatic heterocycles. The van der Waals surface area contributed by atoms with Crippen molar-refractivity contribution >= 4 is 17.5 Å². The van der Waals surface area contributed by atoms with E-state index in [1.165, 1.54) is 12.1 Å². The van der Waals surface area contributed by atoms with E-state index in [1.807, 2.05) is 19.9 Å². The van der Waals surface area contributed by atoms with Crippen LogP contribution in [0.2, 0.25) is 5.02 Å². The SMILES string of the molecule is Cc1cc(OC2CCN(C(=O)c3ccc(F)cc3Cl)CC2)nc(C)n1. The van der Waals surface area contributed by atoms with E-state index in [4.69, 9.17) is 16.3 Å². The molecule has 0 N–H and O–H groups in total. The minimum atomic E-state index is -0.455. The fourth-order valence-corrected chi connectivity index (χ4v) is 3.17. The van der Waals surface area contributed by atoms with Crippen molar-refractivity contribution in [2.75, 3.05) is 13.1 Å². The molecular formula is C18H19ClFN3O2. The van der Waals surface area contributed by atoms with Crippen molar-refractivity contribution < 1.29 is 13.9 Å². The highest BCUT2D eigenvalue weighted by Gasteiger charge is 2.26. The normalized spacial score (nSPS) is 15.3. The van der Waals surface area contributed by atoms with Gasteiger partial charge in [0.15, 0.2) is 0 Å². The number of carbonyl (C=O) groups is 1. The third-order valence-electron chi connectivity index (χ3n) is 4.12. The molecule has 0 aliphatic carbocycles. The molecule has 0 unspecified atom stereocenters. The highest BCUT2D eigenvalue weighted by atomic mass is 35.5. The molecule has 3 rings (SSSR count). The quantitative estimate of drug-likeness (QED) is 0.836. The lowest BCUT2D eigenvalue weighted by Crippen LogP contribution is -2.42. The Kier molecular flexibility index (Phi) is 5.18. The number of likely N-dealkylation sites (tertiary alicyclic amines) is 1. The maximum absolute atomic E-state index is 13.1. The van der Waals surface area contributed by atoms with Crippen molar-refractivity contribution in [3.8, 4) is 5.88 Å². The number of hydrogen-bond donors (Lipinski definition) is 0. The topological polar surface area (TPSA) is 55.3 Å². The van der Waals surface area contributed by atoms with Crippen LogP contribution in [-0.4, -0.2) is 40.0 Å². The van der Waals surface area contributed by atoms with E-state index in [1.54, 1.807) is 4.90 Å². The second-order valence-corrected chi connectivity index (χ2v) is 6.54. The van der Waals surface area contributed by atoms with E-state index in [9.17, 15) is 9.18 Å². The largest absolute Gasteiger partial charge is 0.474 e. The lowest BCUT2D eigenvalue weighted by Gasteiger charge is -2.32. The van der Waals surface area contributed by atoms with Gasteiger partial charge in [-0.25, -0.2) is 9.37 Å². The van der Waals surface area contributed by atoms with Crippen molar-refractivity contribution in [1.29, 1.82) is 0 Å². The van der Waals surface area contributed by atoms with Crippen molar-refractivity contribution in [3.63, 3.8) is 0 Å². The zero-order valence-electron chi connectivity index (χ0n) is 14.1. The summed E-state index contributed by atoms with van der Waals surface area (Å²) in [4.78, 5) is 22.8. The van der Waals surface area contributed by atoms with Gasteiger partial charge in [0.25, 0.3) is 5.91 Å². The molecule has 2 heterocycles. The lowest BCUT2D eigenvalue weighted by molar-refractivity contribution is 0.0587. The zero-order valence-corrected chi connectivity index (χ0v) is 14.9. The first-order valence-electron chi connectivity index (χ1n) is 8.15. The molecule has 1 fully saturated rings. The van der Waals surface area contributed by atoms with Gasteiger partial charge in [0.05, 0.1) is 10.6 Å². The number of amides is 1. The van der Waals surface area contributed by atoms with Crippen LogP contribution in [0, 0.1) is 19.7 Å². The van der Waals surface area contributed by atoms with E-state index in [0.717, 1.165) is 11.8 Å². The van der Waals surface area contributed by atoms with Gasteiger partial charge in [-0.05, 0) is 32.0 Å². The van der Waals surface area contributed by atoms with Crippen molar-refractivity contribution in [3.05, 3.63) is 52.2 Å². The molecule has 132 valence electrons. The molecule has 1 aliphatic rings. The smallest absolute Gasteiger partial charge is 0.255 e. The van der Waals surface area contributed by atoms with Crippen LogP contribution in [0.1, 0.15) is 34.7 Å². The molecule has 25 heavy (non-hydrogen) atoms. The van der Waals surface area contributed by atoms with Crippen molar-refractivity contribution in [2.24, 2.45) is 0 Å². The highest BCUT2D eigenvalue weighted by Crippen LogP contribution is 2.23. The lowest BCUT2D eigenvalue weighted by atomic mass is 10.1. The fourth-order valence-electron chi connectivity index (χ4n) is 2.92. The van der Waals surface area contributed by atoms with Crippen molar-refractivity contribution in [2.45, 2.75) is 32.8 Å². The number of piperidine rings is 1. The standard InChI is InChI=1S/C18H19ClFN3O2/c1-11-9-17(22-12(2)21-11)25-14-5-7-23(8-6-14)18(24)15-4-3-13(20)10-16(15)19/h3-4,9-10,14H,5-8H2,1-2H3. The minimum Gasteiger partial charge on any atom is -0.474 e. The average Bonchev–Trinajstić information content (AvgIpc) is 2.54. The molecule has 1 saturated heterocycles. The summed E-state index contributed by atoms with van der Waals surface area (Å²) in [5, 5.41) is 0.135. The number of benzene rings is 1. The third kappa shape index (κ3) is 4.25. The summed E-state index contributed by atoms with van der Waals surface area (Å²) in [5.41, 5.74) is 1.19. The number of ether oxygens (including phenoxy) is 1. The van der Waals surface area contributed by atoms with Crippen LogP contribution in [0.4, 0.5) is 4.39 Å². The van der Waals surface area contributed by atoms with Gasteiger partial charge in [-0.3, -0.25) is 4.79 Å². The molecule has 0 saturated carbocycles. The summed E-state index contributed by atoms with van der Waals surface area (Å²) < 4.78 is 19.1. The third-order valence-corrected chi connectivity index (χ3v) is 4.43. The number of aromatic nitrogens is 2. The van der Waals surface area contributed by atoms with Crippen LogP contribution >= 0.6 is 11.6 Å². The van der Waals surface area contributed by atoms with E-state index < -0.39 is 5.82 Å². The van der Waals surface area contributed by atoms with Crippen LogP contribution < -0.4 is 4.74 Å². The molecule has 0 radical (unpaired) electrons. The molecule has 0 spiro atoms. The van der Waals surface area contributed by atoms with Crippen LogP contribution in [0.15, 0.2) is 24.3 Å². The predicted molar refractivity (Wildman–Crippen MR) is 92.5 cm³/mol. The molecule has 0 bridgehead atoms. The molecule has 1 aromatic carbocycles. The Morgan fingerprint density at radius 3 is 2.60 bits per heavy atom. The van der Waals surface area contributed by atoms with Crippen LogP contribution in [0.25, 0.3) is 0 Å². The summed E-state index contributed by atoms with van der Waals surface area (Å²) in [7, 11) is 0. The first-order chi connectivity index (χ1) is 11.9. The number of rotatable bonds is 3. The van der Waals surface area contributed by atoms with Crippen molar-refractivity contribution in [1.82, 2.24) is 14.9 Å². The number of hydrogen-bond acceptors (Lipinski definition) is 4. The Hall–Kier alpha value is -2.21. The van der Waals surface area contributed by atoms with Gasteiger partial charge in [0.1, 0.15) is 17.7 Å². The zero-order chi connectivity index (χ0) is 18.0. The number of nitrogens with zero attached hydrogens (tertiary/aromatic N) is 3. The molecule has 7 heteroatoms. The van der Waals surface area contributed by atoms with E-state index in [2.05, 4.69) is 9.97 Å². The highest BCUT2D eigenvalue weighted by molar-refractivity contribution is 6.33. The van der Waals surface area contributed by atoms with Gasteiger partial charge < -0.3 is 9.64 Å². The Morgan fingerprint density at radius 2 is 1.96 bits per heavy atom. The fraction of sp³-hybridized carbons (Fsp3) is 0.389. The van der Waals surface area contributed by atoms with Gasteiger partial charge in [-0.2, -0.15) is 4.98 Å². The molecule has 0 atom stereocenters. The number of aryl methyl sites for hydroxylation is 2. The number of carbonyl (C=O) groups excluding carboxylic acids is 1. The van der Waals surface area contributed by atoms with Gasteiger partial charge >= 0.3 is 0 Å². The number of halogens is 2. The summed E-state index contributed by atoms with van der Waals surface area (Å²) in [6, 6.07) is 5.64. The summed E-state index contributed by atoms with van der Waals surface area (Å²) in [6.45, 7) is 4.84. The van der Waals surface area contributed by atoms with Gasteiger partial charge in [-0.15, -0.1) is 0 Å². The average molecular weight is 364 g/mol. The second-order valence-electron chi connectivity index (χ2n) is 6.13. The monoisotopic (exact) mass is 363 g/mol. The molecule has 5 nitrogen and oxygen atoms in total. The van der Waals surface area contributed by atoms with Crippen LogP contribution in [0.5, 0.6) is 5.88 Å². The van der Waals surface area contributed by atoms with Gasteiger partial charge in [0, 0.05) is 37.7 Å². The Labute approximate surface area is 150 Å². The summed E-state index contributed by atoms with van der Waals surface area (Å²) >= 11 is 5.98. The van der Waals surface area contributed by atoms with Gasteiger partial charge in [0.2, 0.25) is 5.88 Å². The first-order valence-corrected chi connectivity index (χ1v) is 8.53. The van der Waals surface area contributed by atoms with Gasteiger partial charge in [-0.1, -0.05) is 11.6 Å². The maximum Gasteiger partial charge on any atom is 0.255 e. The maximum atomic E-state index is 13.1. The molecule has 1 amide bonds. The Morgan fingerprint density at radius 1 is 1.24 bits per heavy atom.